The van der Waals surface area contributed by atoms with Crippen LogP contribution >= 0.6 is 15.9 Å². The summed E-state index contributed by atoms with van der Waals surface area (Å²) in [4.78, 5) is 4.29. The number of hydrogen-bond donors (Lipinski definition) is 0. The molecule has 16 heavy (non-hydrogen) atoms. The molecule has 0 aliphatic carbocycles. The standard InChI is InChI=1S/C10H14BrN5/c1-2-9(11)10-7-16(14-13-10)6-5-15-4-3-12-8-15/h3-4,7-9H,2,5-6H2,1H3. The lowest BCUT2D eigenvalue weighted by Crippen LogP contribution is -2.06. The monoisotopic (exact) mass is 283 g/mol. The maximum absolute atomic E-state index is 4.13. The van der Waals surface area contributed by atoms with Crippen molar-refractivity contribution >= 4 is 15.9 Å². The normalized spacial score (nSPS) is 12.9. The summed E-state index contributed by atoms with van der Waals surface area (Å²) < 4.78 is 3.88. The van der Waals surface area contributed by atoms with Gasteiger partial charge >= 0.3 is 0 Å². The molecule has 0 bridgehead atoms. The third kappa shape index (κ3) is 2.69. The minimum atomic E-state index is 0.300. The van der Waals surface area contributed by atoms with Crippen molar-refractivity contribution in [3.8, 4) is 0 Å². The number of hydrogen-bond acceptors (Lipinski definition) is 3. The zero-order valence-corrected chi connectivity index (χ0v) is 10.7. The number of aryl methyl sites for hydroxylation is 2. The largest absolute Gasteiger partial charge is 0.336 e. The molecule has 5 nitrogen and oxygen atoms in total. The van der Waals surface area contributed by atoms with E-state index in [-0.39, 0.29) is 0 Å². The van der Waals surface area contributed by atoms with Crippen molar-refractivity contribution in [2.24, 2.45) is 0 Å². The molecule has 2 aromatic heterocycles. The van der Waals surface area contributed by atoms with Gasteiger partial charge in [0, 0.05) is 25.1 Å². The van der Waals surface area contributed by atoms with E-state index in [1.807, 2.05) is 21.6 Å². The smallest absolute Gasteiger partial charge is 0.0963 e. The van der Waals surface area contributed by atoms with Gasteiger partial charge in [0.2, 0.25) is 0 Å². The average molecular weight is 284 g/mol. The molecule has 0 amide bonds. The molecule has 2 rings (SSSR count). The first-order valence-electron chi connectivity index (χ1n) is 5.29. The predicted octanol–water partition coefficient (Wildman–Crippen LogP) is 2.02. The predicted molar refractivity (Wildman–Crippen MR) is 64.2 cm³/mol. The Morgan fingerprint density at radius 2 is 2.31 bits per heavy atom. The molecule has 1 unspecified atom stereocenters. The molecule has 2 aromatic rings. The van der Waals surface area contributed by atoms with E-state index in [0.29, 0.717) is 4.83 Å². The van der Waals surface area contributed by atoms with Gasteiger partial charge in [0.1, 0.15) is 0 Å². The number of halogens is 1. The summed E-state index contributed by atoms with van der Waals surface area (Å²) in [7, 11) is 0. The van der Waals surface area contributed by atoms with Gasteiger partial charge in [-0.3, -0.25) is 4.68 Å². The van der Waals surface area contributed by atoms with Crippen molar-refractivity contribution in [1.29, 1.82) is 0 Å². The van der Waals surface area contributed by atoms with E-state index in [9.17, 15) is 0 Å². The maximum Gasteiger partial charge on any atom is 0.0963 e. The summed E-state index contributed by atoms with van der Waals surface area (Å²) in [5.41, 5.74) is 0.994. The van der Waals surface area contributed by atoms with Gasteiger partial charge in [0.15, 0.2) is 0 Å². The highest BCUT2D eigenvalue weighted by atomic mass is 79.9. The number of rotatable bonds is 5. The Morgan fingerprint density at radius 3 is 3.00 bits per heavy atom. The van der Waals surface area contributed by atoms with Crippen LogP contribution in [0.4, 0.5) is 0 Å². The van der Waals surface area contributed by atoms with Gasteiger partial charge in [0.25, 0.3) is 0 Å². The van der Waals surface area contributed by atoms with Gasteiger partial charge in [-0.25, -0.2) is 4.98 Å². The fourth-order valence-electron chi connectivity index (χ4n) is 1.41. The summed E-state index contributed by atoms with van der Waals surface area (Å²) in [5.74, 6) is 0. The summed E-state index contributed by atoms with van der Waals surface area (Å²) in [6, 6.07) is 0. The van der Waals surface area contributed by atoms with Crippen LogP contribution in [0.25, 0.3) is 0 Å². The minimum Gasteiger partial charge on any atom is -0.336 e. The maximum atomic E-state index is 4.13. The SMILES string of the molecule is CCC(Br)c1cn(CCn2ccnc2)nn1. The molecule has 0 aliphatic rings. The molecule has 0 radical (unpaired) electrons. The molecule has 6 heteroatoms. The van der Waals surface area contributed by atoms with E-state index in [2.05, 4.69) is 38.1 Å². The summed E-state index contributed by atoms with van der Waals surface area (Å²) in [5, 5.41) is 8.22. The van der Waals surface area contributed by atoms with Crippen molar-refractivity contribution < 1.29 is 0 Å². The number of imidazole rings is 1. The van der Waals surface area contributed by atoms with Gasteiger partial charge in [-0.2, -0.15) is 0 Å². The van der Waals surface area contributed by atoms with Crippen molar-refractivity contribution in [2.75, 3.05) is 0 Å². The quantitative estimate of drug-likeness (QED) is 0.789. The molecule has 0 fully saturated rings. The molecule has 86 valence electrons. The van der Waals surface area contributed by atoms with Gasteiger partial charge in [-0.1, -0.05) is 28.1 Å². The third-order valence-corrected chi connectivity index (χ3v) is 3.50. The highest BCUT2D eigenvalue weighted by Gasteiger charge is 2.09. The van der Waals surface area contributed by atoms with Crippen LogP contribution in [-0.2, 0) is 13.1 Å². The van der Waals surface area contributed by atoms with Crippen molar-refractivity contribution in [3.63, 3.8) is 0 Å². The first-order chi connectivity index (χ1) is 7.79. The second-order valence-electron chi connectivity index (χ2n) is 3.58. The number of aromatic nitrogens is 5. The number of alkyl halides is 1. The molecule has 0 aliphatic heterocycles. The summed E-state index contributed by atoms with van der Waals surface area (Å²) in [6.45, 7) is 3.79. The molecular formula is C10H14BrN5. The Hall–Kier alpha value is -1.17. The lowest BCUT2D eigenvalue weighted by atomic mass is 10.3. The van der Waals surface area contributed by atoms with E-state index in [1.54, 1.807) is 12.5 Å². The Balaban J connectivity index is 1.93. The molecule has 0 spiro atoms. The Morgan fingerprint density at radius 1 is 1.44 bits per heavy atom. The van der Waals surface area contributed by atoms with Crippen molar-refractivity contribution in [3.05, 3.63) is 30.6 Å². The average Bonchev–Trinajstić information content (AvgIpc) is 2.96. The van der Waals surface area contributed by atoms with Crippen molar-refractivity contribution in [2.45, 2.75) is 31.3 Å². The van der Waals surface area contributed by atoms with E-state index >= 15 is 0 Å². The summed E-state index contributed by atoms with van der Waals surface area (Å²) in [6.07, 6.45) is 8.52. The Kier molecular flexibility index (Phi) is 3.71. The molecular weight excluding hydrogens is 270 g/mol. The lowest BCUT2D eigenvalue weighted by molar-refractivity contribution is 0.519. The highest BCUT2D eigenvalue weighted by Crippen LogP contribution is 2.23. The number of nitrogens with zero attached hydrogens (tertiary/aromatic N) is 5. The first kappa shape index (κ1) is 11.3. The van der Waals surface area contributed by atoms with Crippen LogP contribution in [0.5, 0.6) is 0 Å². The van der Waals surface area contributed by atoms with Crippen LogP contribution in [-0.4, -0.2) is 24.5 Å². The molecule has 0 N–H and O–H groups in total. The molecule has 2 heterocycles. The van der Waals surface area contributed by atoms with Crippen LogP contribution in [0, 0.1) is 0 Å². The van der Waals surface area contributed by atoms with Crippen LogP contribution < -0.4 is 0 Å². The summed E-state index contributed by atoms with van der Waals surface area (Å²) >= 11 is 3.56. The fraction of sp³-hybridized carbons (Fsp3) is 0.500. The second kappa shape index (κ2) is 5.25. The second-order valence-corrected chi connectivity index (χ2v) is 4.69. The van der Waals surface area contributed by atoms with Crippen LogP contribution in [0.15, 0.2) is 24.9 Å². The molecule has 0 saturated carbocycles. The van der Waals surface area contributed by atoms with Gasteiger partial charge in [-0.05, 0) is 6.42 Å². The van der Waals surface area contributed by atoms with Crippen LogP contribution in [0.3, 0.4) is 0 Å². The molecule has 0 aromatic carbocycles. The van der Waals surface area contributed by atoms with Gasteiger partial charge in [-0.15, -0.1) is 5.10 Å². The van der Waals surface area contributed by atoms with Crippen molar-refractivity contribution in [1.82, 2.24) is 24.5 Å². The first-order valence-corrected chi connectivity index (χ1v) is 6.21. The minimum absolute atomic E-state index is 0.300. The molecule has 0 saturated heterocycles. The fourth-order valence-corrected chi connectivity index (χ4v) is 1.62. The third-order valence-electron chi connectivity index (χ3n) is 2.38. The van der Waals surface area contributed by atoms with Gasteiger partial charge in [0.05, 0.1) is 23.4 Å². The zero-order chi connectivity index (χ0) is 11.4. The van der Waals surface area contributed by atoms with Gasteiger partial charge < -0.3 is 4.57 Å². The molecule has 1 atom stereocenters. The Bertz CT molecular complexity index is 422. The van der Waals surface area contributed by atoms with E-state index < -0.39 is 0 Å². The van der Waals surface area contributed by atoms with E-state index in [0.717, 1.165) is 25.2 Å². The highest BCUT2D eigenvalue weighted by molar-refractivity contribution is 9.09. The lowest BCUT2D eigenvalue weighted by Gasteiger charge is -2.01. The Labute approximate surface area is 103 Å². The van der Waals surface area contributed by atoms with Crippen LogP contribution in [0.2, 0.25) is 0 Å². The van der Waals surface area contributed by atoms with Crippen LogP contribution in [0.1, 0.15) is 23.9 Å². The van der Waals surface area contributed by atoms with E-state index in [1.165, 1.54) is 0 Å². The zero-order valence-electron chi connectivity index (χ0n) is 9.12. The van der Waals surface area contributed by atoms with E-state index in [4.69, 9.17) is 0 Å². The topological polar surface area (TPSA) is 48.5 Å².